The highest BCUT2D eigenvalue weighted by Crippen LogP contribution is 2.46. The summed E-state index contributed by atoms with van der Waals surface area (Å²) in [6.45, 7) is 0. The molecule has 4 rings (SSSR count). The van der Waals surface area contributed by atoms with Gasteiger partial charge < -0.3 is 4.74 Å². The van der Waals surface area contributed by atoms with Crippen molar-refractivity contribution in [1.29, 1.82) is 0 Å². The van der Waals surface area contributed by atoms with Crippen LogP contribution < -0.4 is 0 Å². The number of carbonyl (C=O) groups is 1. The van der Waals surface area contributed by atoms with E-state index < -0.39 is 0 Å². The van der Waals surface area contributed by atoms with Gasteiger partial charge in [-0.1, -0.05) is 0 Å². The molecule has 2 aliphatic heterocycles. The average molecular weight is 166 g/mol. The van der Waals surface area contributed by atoms with Crippen molar-refractivity contribution in [3.63, 3.8) is 0 Å². The minimum atomic E-state index is 0.102. The summed E-state index contributed by atoms with van der Waals surface area (Å²) in [6, 6.07) is 0. The predicted molar refractivity (Wildman–Crippen MR) is 43.4 cm³/mol. The molecule has 2 heterocycles. The van der Waals surface area contributed by atoms with E-state index in [0.717, 1.165) is 37.5 Å². The third kappa shape index (κ3) is 0.900. The second-order valence-corrected chi connectivity index (χ2v) is 4.67. The summed E-state index contributed by atoms with van der Waals surface area (Å²) < 4.78 is 5.40. The fourth-order valence-corrected chi connectivity index (χ4v) is 3.34. The molecule has 0 aromatic carbocycles. The summed E-state index contributed by atoms with van der Waals surface area (Å²) in [6.07, 6.45) is 6.19. The van der Waals surface area contributed by atoms with E-state index in [-0.39, 0.29) is 18.0 Å². The zero-order valence-corrected chi connectivity index (χ0v) is 7.16. The van der Waals surface area contributed by atoms with Gasteiger partial charge in [0.15, 0.2) is 0 Å². The van der Waals surface area contributed by atoms with E-state index >= 15 is 0 Å². The first-order chi connectivity index (χ1) is 5.81. The molecule has 4 bridgehead atoms. The van der Waals surface area contributed by atoms with Gasteiger partial charge in [-0.15, -0.1) is 0 Å². The van der Waals surface area contributed by atoms with E-state index in [1.807, 2.05) is 0 Å². The summed E-state index contributed by atoms with van der Waals surface area (Å²) >= 11 is 0. The SMILES string of the molecule is O=C1OC2C[C@@H]3CC1C[C@@H](C2)C3. The van der Waals surface area contributed by atoms with Crippen LogP contribution in [0.3, 0.4) is 0 Å². The van der Waals surface area contributed by atoms with Crippen molar-refractivity contribution in [3.05, 3.63) is 0 Å². The molecule has 4 aliphatic rings. The minimum Gasteiger partial charge on any atom is -0.462 e. The molecule has 2 saturated carbocycles. The molecule has 0 spiro atoms. The largest absolute Gasteiger partial charge is 0.462 e. The first-order valence-electron chi connectivity index (χ1n) is 5.02. The van der Waals surface area contributed by atoms with E-state index in [1.54, 1.807) is 0 Å². The quantitative estimate of drug-likeness (QED) is 0.512. The third-order valence-electron chi connectivity index (χ3n) is 3.71. The molecule has 2 nitrogen and oxygen atoms in total. The first kappa shape index (κ1) is 6.93. The van der Waals surface area contributed by atoms with Gasteiger partial charge >= 0.3 is 5.97 Å². The number of hydrogen-bond donors (Lipinski definition) is 0. The van der Waals surface area contributed by atoms with Crippen LogP contribution in [0.2, 0.25) is 0 Å². The van der Waals surface area contributed by atoms with Crippen molar-refractivity contribution >= 4 is 5.97 Å². The fraction of sp³-hybridized carbons (Fsp3) is 0.900. The smallest absolute Gasteiger partial charge is 0.309 e. The lowest BCUT2D eigenvalue weighted by Gasteiger charge is -2.35. The lowest BCUT2D eigenvalue weighted by Crippen LogP contribution is -2.29. The number of rotatable bonds is 0. The molecule has 0 aromatic rings. The molecule has 4 fully saturated rings. The first-order valence-corrected chi connectivity index (χ1v) is 5.02. The van der Waals surface area contributed by atoms with Crippen molar-refractivity contribution in [2.24, 2.45) is 17.8 Å². The fourth-order valence-electron chi connectivity index (χ4n) is 3.34. The maximum absolute atomic E-state index is 11.4. The molecule has 0 unspecified atom stereocenters. The predicted octanol–water partition coefficient (Wildman–Crippen LogP) is 1.74. The van der Waals surface area contributed by atoms with E-state index in [4.69, 9.17) is 4.74 Å². The van der Waals surface area contributed by atoms with Crippen LogP contribution in [0.15, 0.2) is 0 Å². The van der Waals surface area contributed by atoms with Gasteiger partial charge in [0.05, 0.1) is 5.92 Å². The van der Waals surface area contributed by atoms with Gasteiger partial charge in [0.25, 0.3) is 0 Å². The number of carbonyl (C=O) groups excluding carboxylic acids is 1. The standard InChI is InChI=1S/C10H14O2/c11-10-8-2-6-1-7(3-8)5-9(4-6)12-10/h6-9H,1-5H2/t6-,7-,8?,9?/m0/s1. The van der Waals surface area contributed by atoms with Gasteiger partial charge in [-0.05, 0) is 43.9 Å². The van der Waals surface area contributed by atoms with Crippen molar-refractivity contribution in [3.8, 4) is 0 Å². The van der Waals surface area contributed by atoms with Crippen LogP contribution in [0.1, 0.15) is 32.1 Å². The van der Waals surface area contributed by atoms with Crippen molar-refractivity contribution in [1.82, 2.24) is 0 Å². The maximum atomic E-state index is 11.4. The zero-order chi connectivity index (χ0) is 8.13. The van der Waals surface area contributed by atoms with Gasteiger partial charge in [-0.25, -0.2) is 0 Å². The Balaban J connectivity index is 1.95. The summed E-state index contributed by atoms with van der Waals surface area (Å²) in [7, 11) is 0. The number of ether oxygens (including phenoxy) is 1. The Morgan fingerprint density at radius 2 is 1.67 bits per heavy atom. The number of hydrogen-bond acceptors (Lipinski definition) is 2. The minimum absolute atomic E-state index is 0.102. The second-order valence-electron chi connectivity index (χ2n) is 4.67. The Kier molecular flexibility index (Phi) is 1.29. The van der Waals surface area contributed by atoms with Gasteiger partial charge in [-0.2, -0.15) is 0 Å². The van der Waals surface area contributed by atoms with E-state index in [0.29, 0.717) is 0 Å². The summed E-state index contributed by atoms with van der Waals surface area (Å²) in [5, 5.41) is 0. The van der Waals surface area contributed by atoms with Crippen LogP contribution in [0.25, 0.3) is 0 Å². The molecular formula is C10H14O2. The molecule has 2 saturated heterocycles. The normalized spacial score (nSPS) is 50.5. The molecule has 0 amide bonds. The summed E-state index contributed by atoms with van der Waals surface area (Å²) in [5.41, 5.74) is 0. The molecule has 2 aliphatic carbocycles. The van der Waals surface area contributed by atoms with Crippen LogP contribution in [0, 0.1) is 17.8 Å². The molecule has 2 heteroatoms. The topological polar surface area (TPSA) is 26.3 Å². The van der Waals surface area contributed by atoms with Crippen molar-refractivity contribution < 1.29 is 9.53 Å². The molecule has 0 N–H and O–H groups in total. The molecule has 66 valence electrons. The summed E-state index contributed by atoms with van der Waals surface area (Å²) in [4.78, 5) is 11.4. The molecule has 0 radical (unpaired) electrons. The lowest BCUT2D eigenvalue weighted by atomic mass is 9.68. The van der Waals surface area contributed by atoms with Gasteiger partial charge in [0.1, 0.15) is 6.10 Å². The van der Waals surface area contributed by atoms with Crippen molar-refractivity contribution in [2.75, 3.05) is 0 Å². The highest BCUT2D eigenvalue weighted by Gasteiger charge is 2.44. The van der Waals surface area contributed by atoms with Crippen LogP contribution in [-0.2, 0) is 9.53 Å². The molecule has 0 aromatic heterocycles. The Hall–Kier alpha value is -0.530. The van der Waals surface area contributed by atoms with Crippen LogP contribution >= 0.6 is 0 Å². The number of esters is 1. The molecule has 2 atom stereocenters. The monoisotopic (exact) mass is 166 g/mol. The van der Waals surface area contributed by atoms with E-state index in [1.165, 1.54) is 6.42 Å². The average Bonchev–Trinajstić information content (AvgIpc) is 2.16. The molecular weight excluding hydrogens is 152 g/mol. The van der Waals surface area contributed by atoms with Crippen molar-refractivity contribution in [2.45, 2.75) is 38.2 Å². The van der Waals surface area contributed by atoms with E-state index in [2.05, 4.69) is 0 Å². The van der Waals surface area contributed by atoms with Gasteiger partial charge in [0.2, 0.25) is 0 Å². The maximum Gasteiger partial charge on any atom is 0.309 e. The Morgan fingerprint density at radius 3 is 2.33 bits per heavy atom. The zero-order valence-electron chi connectivity index (χ0n) is 7.16. The Bertz CT molecular complexity index is 210. The Labute approximate surface area is 72.3 Å². The van der Waals surface area contributed by atoms with Gasteiger partial charge in [-0.3, -0.25) is 4.79 Å². The van der Waals surface area contributed by atoms with Crippen LogP contribution in [0.4, 0.5) is 0 Å². The highest BCUT2D eigenvalue weighted by atomic mass is 16.5. The lowest BCUT2D eigenvalue weighted by molar-refractivity contribution is -0.151. The highest BCUT2D eigenvalue weighted by molar-refractivity contribution is 5.73. The molecule has 12 heavy (non-hydrogen) atoms. The number of fused-ring (bicyclic) bond motifs is 1. The van der Waals surface area contributed by atoms with Gasteiger partial charge in [0, 0.05) is 0 Å². The second kappa shape index (κ2) is 2.24. The Morgan fingerprint density at radius 1 is 1.00 bits per heavy atom. The van der Waals surface area contributed by atoms with E-state index in [9.17, 15) is 4.79 Å². The van der Waals surface area contributed by atoms with Crippen LogP contribution in [0.5, 0.6) is 0 Å². The third-order valence-corrected chi connectivity index (χ3v) is 3.71. The van der Waals surface area contributed by atoms with Crippen LogP contribution in [-0.4, -0.2) is 12.1 Å². The summed E-state index contributed by atoms with van der Waals surface area (Å²) in [5.74, 6) is 1.98.